The number of carbonyl (C=O) groups excluding carboxylic acids is 1. The fourth-order valence-corrected chi connectivity index (χ4v) is 2.83. The number of nitrogens with zero attached hydrogens (tertiary/aromatic N) is 3. The molecular formula is C17H21N3O3. The van der Waals surface area contributed by atoms with Gasteiger partial charge in [-0.05, 0) is 31.2 Å². The van der Waals surface area contributed by atoms with Crippen molar-refractivity contribution in [2.75, 3.05) is 38.2 Å². The van der Waals surface area contributed by atoms with Crippen LogP contribution in [0.15, 0.2) is 28.7 Å². The van der Waals surface area contributed by atoms with E-state index in [0.29, 0.717) is 30.4 Å². The van der Waals surface area contributed by atoms with Crippen LogP contribution in [0.25, 0.3) is 0 Å². The Morgan fingerprint density at radius 3 is 2.30 bits per heavy atom. The number of aromatic nitrogens is 1. The molecule has 0 saturated carbocycles. The molecule has 1 aliphatic heterocycles. The van der Waals surface area contributed by atoms with Crippen LogP contribution < -0.4 is 9.64 Å². The van der Waals surface area contributed by atoms with Crippen LogP contribution in [0.4, 0.5) is 5.69 Å². The quantitative estimate of drug-likeness (QED) is 0.869. The third kappa shape index (κ3) is 3.16. The summed E-state index contributed by atoms with van der Waals surface area (Å²) >= 11 is 0. The molecule has 122 valence electrons. The van der Waals surface area contributed by atoms with Gasteiger partial charge < -0.3 is 19.0 Å². The van der Waals surface area contributed by atoms with E-state index < -0.39 is 0 Å². The van der Waals surface area contributed by atoms with Gasteiger partial charge >= 0.3 is 0 Å². The van der Waals surface area contributed by atoms with Gasteiger partial charge in [0.25, 0.3) is 5.91 Å². The minimum Gasteiger partial charge on any atom is -0.497 e. The lowest BCUT2D eigenvalue weighted by Gasteiger charge is -2.35. The Morgan fingerprint density at radius 1 is 1.13 bits per heavy atom. The molecule has 0 N–H and O–H groups in total. The number of hydrogen-bond acceptors (Lipinski definition) is 5. The predicted octanol–water partition coefficient (Wildman–Crippen LogP) is 2.26. The molecule has 0 aliphatic carbocycles. The van der Waals surface area contributed by atoms with Crippen molar-refractivity contribution in [3.05, 3.63) is 41.6 Å². The Hall–Kier alpha value is -2.50. The predicted molar refractivity (Wildman–Crippen MR) is 87.1 cm³/mol. The summed E-state index contributed by atoms with van der Waals surface area (Å²) < 4.78 is 10.6. The van der Waals surface area contributed by atoms with Gasteiger partial charge in [0.15, 0.2) is 5.89 Å². The summed E-state index contributed by atoms with van der Waals surface area (Å²) in [4.78, 5) is 20.8. The van der Waals surface area contributed by atoms with Gasteiger partial charge in [0.05, 0.1) is 12.8 Å². The molecule has 6 heteroatoms. The van der Waals surface area contributed by atoms with E-state index in [0.717, 1.165) is 24.5 Å². The van der Waals surface area contributed by atoms with Gasteiger partial charge in [0, 0.05) is 38.8 Å². The Labute approximate surface area is 135 Å². The first kappa shape index (κ1) is 15.4. The minimum atomic E-state index is -0.0718. The fourth-order valence-electron chi connectivity index (χ4n) is 2.83. The lowest BCUT2D eigenvalue weighted by Crippen LogP contribution is -2.48. The van der Waals surface area contributed by atoms with E-state index >= 15 is 0 Å². The van der Waals surface area contributed by atoms with Crippen LogP contribution in [0.5, 0.6) is 5.75 Å². The normalized spacial score (nSPS) is 14.9. The molecule has 1 aliphatic rings. The fraction of sp³-hybridized carbons (Fsp3) is 0.412. The van der Waals surface area contributed by atoms with Crippen molar-refractivity contribution < 1.29 is 13.9 Å². The second kappa shape index (κ2) is 6.32. The maximum atomic E-state index is 12.5. The molecule has 1 amide bonds. The molecule has 1 aromatic heterocycles. The number of carbonyl (C=O) groups is 1. The van der Waals surface area contributed by atoms with Gasteiger partial charge in [-0.1, -0.05) is 0 Å². The summed E-state index contributed by atoms with van der Waals surface area (Å²) in [6.07, 6.45) is 0. The van der Waals surface area contributed by atoms with Crippen LogP contribution >= 0.6 is 0 Å². The number of anilines is 1. The topological polar surface area (TPSA) is 58.8 Å². The second-order valence-electron chi connectivity index (χ2n) is 5.62. The summed E-state index contributed by atoms with van der Waals surface area (Å²) in [5, 5.41) is 0. The zero-order valence-corrected chi connectivity index (χ0v) is 13.7. The largest absolute Gasteiger partial charge is 0.497 e. The van der Waals surface area contributed by atoms with Crippen LogP contribution in [-0.4, -0.2) is 49.1 Å². The zero-order chi connectivity index (χ0) is 16.4. The van der Waals surface area contributed by atoms with E-state index in [4.69, 9.17) is 9.15 Å². The highest BCUT2D eigenvalue weighted by Gasteiger charge is 2.26. The highest BCUT2D eigenvalue weighted by molar-refractivity contribution is 5.92. The molecule has 3 rings (SSSR count). The van der Waals surface area contributed by atoms with Crippen LogP contribution in [0.2, 0.25) is 0 Å². The molecule has 1 saturated heterocycles. The summed E-state index contributed by atoms with van der Waals surface area (Å²) in [5.74, 6) is 1.67. The number of benzene rings is 1. The third-order valence-electron chi connectivity index (χ3n) is 4.10. The number of aryl methyl sites for hydroxylation is 2. The second-order valence-corrected chi connectivity index (χ2v) is 5.62. The number of ether oxygens (including phenoxy) is 1. The van der Waals surface area contributed by atoms with Crippen LogP contribution in [0.3, 0.4) is 0 Å². The van der Waals surface area contributed by atoms with Gasteiger partial charge in [-0.25, -0.2) is 4.98 Å². The van der Waals surface area contributed by atoms with Gasteiger partial charge in [-0.15, -0.1) is 0 Å². The number of oxazole rings is 1. The maximum absolute atomic E-state index is 12.5. The number of hydrogen-bond donors (Lipinski definition) is 0. The monoisotopic (exact) mass is 315 g/mol. The van der Waals surface area contributed by atoms with E-state index in [1.807, 2.05) is 29.2 Å². The average Bonchev–Trinajstić information content (AvgIpc) is 2.93. The first-order chi connectivity index (χ1) is 11.1. The summed E-state index contributed by atoms with van der Waals surface area (Å²) in [6, 6.07) is 7.99. The van der Waals surface area contributed by atoms with Gasteiger partial charge in [-0.3, -0.25) is 4.79 Å². The molecule has 2 heterocycles. The van der Waals surface area contributed by atoms with Gasteiger partial charge in [-0.2, -0.15) is 0 Å². The molecule has 1 aromatic carbocycles. The average molecular weight is 315 g/mol. The molecular weight excluding hydrogens is 294 g/mol. The smallest absolute Gasteiger partial charge is 0.291 e. The SMILES string of the molecule is COc1ccc(N2CCN(C(=O)c3oc(C)nc3C)CC2)cc1. The summed E-state index contributed by atoms with van der Waals surface area (Å²) in [7, 11) is 1.66. The molecule has 23 heavy (non-hydrogen) atoms. The Balaban J connectivity index is 1.63. The molecule has 0 spiro atoms. The standard InChI is InChI=1S/C17H21N3O3/c1-12-16(23-13(2)18-12)17(21)20-10-8-19(9-11-20)14-4-6-15(22-3)7-5-14/h4-7H,8-11H2,1-3H3. The third-order valence-corrected chi connectivity index (χ3v) is 4.10. The van der Waals surface area contributed by atoms with Crippen molar-refractivity contribution in [2.24, 2.45) is 0 Å². The van der Waals surface area contributed by atoms with Crippen molar-refractivity contribution in [1.29, 1.82) is 0 Å². The molecule has 2 aromatic rings. The molecule has 0 unspecified atom stereocenters. The number of piperazine rings is 1. The number of methoxy groups -OCH3 is 1. The Morgan fingerprint density at radius 2 is 1.78 bits per heavy atom. The van der Waals surface area contributed by atoms with Crippen LogP contribution in [0.1, 0.15) is 22.1 Å². The highest BCUT2D eigenvalue weighted by Crippen LogP contribution is 2.21. The molecule has 0 bridgehead atoms. The number of rotatable bonds is 3. The number of amides is 1. The van der Waals surface area contributed by atoms with E-state index in [2.05, 4.69) is 9.88 Å². The molecule has 0 atom stereocenters. The Kier molecular flexibility index (Phi) is 4.23. The first-order valence-corrected chi connectivity index (χ1v) is 7.71. The van der Waals surface area contributed by atoms with Crippen molar-refractivity contribution in [3.8, 4) is 5.75 Å². The summed E-state index contributed by atoms with van der Waals surface area (Å²) in [5.41, 5.74) is 1.80. The van der Waals surface area contributed by atoms with Crippen LogP contribution in [-0.2, 0) is 0 Å². The molecule has 1 fully saturated rings. The molecule has 0 radical (unpaired) electrons. The lowest BCUT2D eigenvalue weighted by atomic mass is 10.2. The van der Waals surface area contributed by atoms with Crippen molar-refractivity contribution in [2.45, 2.75) is 13.8 Å². The van der Waals surface area contributed by atoms with Crippen molar-refractivity contribution in [1.82, 2.24) is 9.88 Å². The summed E-state index contributed by atoms with van der Waals surface area (Å²) in [6.45, 7) is 6.49. The van der Waals surface area contributed by atoms with E-state index in [1.165, 1.54) is 0 Å². The van der Waals surface area contributed by atoms with E-state index in [1.54, 1.807) is 21.0 Å². The van der Waals surface area contributed by atoms with Crippen molar-refractivity contribution in [3.63, 3.8) is 0 Å². The maximum Gasteiger partial charge on any atom is 0.291 e. The molecule has 6 nitrogen and oxygen atoms in total. The lowest BCUT2D eigenvalue weighted by molar-refractivity contribution is 0.0712. The minimum absolute atomic E-state index is 0.0718. The van der Waals surface area contributed by atoms with Gasteiger partial charge in [0.2, 0.25) is 5.76 Å². The Bertz CT molecular complexity index is 686. The van der Waals surface area contributed by atoms with Gasteiger partial charge in [0.1, 0.15) is 5.75 Å². The van der Waals surface area contributed by atoms with E-state index in [9.17, 15) is 4.79 Å². The van der Waals surface area contributed by atoms with Crippen LogP contribution in [0, 0.1) is 13.8 Å². The van der Waals surface area contributed by atoms with E-state index in [-0.39, 0.29) is 5.91 Å². The highest BCUT2D eigenvalue weighted by atomic mass is 16.5. The zero-order valence-electron chi connectivity index (χ0n) is 13.7. The first-order valence-electron chi connectivity index (χ1n) is 7.71. The van der Waals surface area contributed by atoms with Crippen molar-refractivity contribution >= 4 is 11.6 Å².